The quantitative estimate of drug-likeness (QED) is 0.641. The van der Waals surface area contributed by atoms with Crippen LogP contribution in [0.5, 0.6) is 0 Å². The van der Waals surface area contributed by atoms with Gasteiger partial charge in [-0.3, -0.25) is 9.59 Å². The number of nitrogens with one attached hydrogen (secondary N) is 1. The molecule has 1 atom stereocenters. The summed E-state index contributed by atoms with van der Waals surface area (Å²) in [7, 11) is 0. The summed E-state index contributed by atoms with van der Waals surface area (Å²) >= 11 is 0.353. The van der Waals surface area contributed by atoms with Crippen LogP contribution in [0.2, 0.25) is 0 Å². The number of anilines is 1. The van der Waals surface area contributed by atoms with E-state index in [1.54, 1.807) is 0 Å². The van der Waals surface area contributed by atoms with E-state index in [2.05, 4.69) is 5.32 Å². The third-order valence-corrected chi connectivity index (χ3v) is 4.02. The lowest BCUT2D eigenvalue weighted by Gasteiger charge is -2.18. The minimum atomic E-state index is -4.51. The van der Waals surface area contributed by atoms with Gasteiger partial charge in [0.15, 0.2) is 0 Å². The Morgan fingerprint density at radius 2 is 1.92 bits per heavy atom. The number of likely N-dealkylation sites (tertiary alicyclic amines) is 1. The SMILES string of the molecule is O=C(Nc1ccc(SC(F)F)cc1)C1CC(=O)N(CC(F)(F)F)C1. The molecule has 24 heavy (non-hydrogen) atoms. The van der Waals surface area contributed by atoms with Crippen molar-refractivity contribution in [2.24, 2.45) is 5.92 Å². The Hall–Kier alpha value is -1.84. The summed E-state index contributed by atoms with van der Waals surface area (Å²) in [4.78, 5) is 24.5. The molecule has 0 spiro atoms. The summed E-state index contributed by atoms with van der Waals surface area (Å²) < 4.78 is 61.4. The maximum Gasteiger partial charge on any atom is 0.406 e. The maximum absolute atomic E-state index is 12.3. The molecule has 1 aromatic rings. The fraction of sp³-hybridized carbons (Fsp3) is 0.429. The molecule has 1 aliphatic heterocycles. The van der Waals surface area contributed by atoms with Crippen molar-refractivity contribution < 1.29 is 31.5 Å². The van der Waals surface area contributed by atoms with Crippen LogP contribution in [-0.2, 0) is 9.59 Å². The van der Waals surface area contributed by atoms with Gasteiger partial charge in [-0.15, -0.1) is 0 Å². The van der Waals surface area contributed by atoms with Gasteiger partial charge in [-0.2, -0.15) is 22.0 Å². The molecule has 0 aromatic heterocycles. The Labute approximate surface area is 138 Å². The van der Waals surface area contributed by atoms with E-state index in [-0.39, 0.29) is 13.0 Å². The van der Waals surface area contributed by atoms with E-state index >= 15 is 0 Å². The Morgan fingerprint density at radius 3 is 2.46 bits per heavy atom. The molecule has 4 nitrogen and oxygen atoms in total. The van der Waals surface area contributed by atoms with Crippen molar-refractivity contribution in [2.75, 3.05) is 18.4 Å². The zero-order chi connectivity index (χ0) is 17.9. The van der Waals surface area contributed by atoms with Gasteiger partial charge in [0.05, 0.1) is 5.92 Å². The number of hydrogen-bond donors (Lipinski definition) is 1. The van der Waals surface area contributed by atoms with Gasteiger partial charge in [-0.25, -0.2) is 0 Å². The average Bonchev–Trinajstić information content (AvgIpc) is 2.80. The minimum Gasteiger partial charge on any atom is -0.333 e. The first kappa shape index (κ1) is 18.5. The average molecular weight is 368 g/mol. The van der Waals surface area contributed by atoms with Gasteiger partial charge in [0.1, 0.15) is 6.54 Å². The van der Waals surface area contributed by atoms with Gasteiger partial charge in [-0.05, 0) is 24.3 Å². The predicted octanol–water partition coefficient (Wildman–Crippen LogP) is 3.35. The number of thioether (sulfide) groups is 1. The van der Waals surface area contributed by atoms with Crippen LogP contribution < -0.4 is 5.32 Å². The number of rotatable bonds is 5. The molecule has 1 heterocycles. The fourth-order valence-corrected chi connectivity index (χ4v) is 2.78. The molecule has 0 saturated carbocycles. The van der Waals surface area contributed by atoms with E-state index in [9.17, 15) is 31.5 Å². The van der Waals surface area contributed by atoms with Crippen LogP contribution in [0.15, 0.2) is 29.2 Å². The summed E-state index contributed by atoms with van der Waals surface area (Å²) in [6.45, 7) is -1.68. The molecule has 0 radical (unpaired) electrons. The Kier molecular flexibility index (Phi) is 5.68. The number of halogens is 5. The van der Waals surface area contributed by atoms with Crippen molar-refractivity contribution in [2.45, 2.75) is 23.3 Å². The molecule has 1 unspecified atom stereocenters. The van der Waals surface area contributed by atoms with Gasteiger partial charge >= 0.3 is 6.18 Å². The van der Waals surface area contributed by atoms with Crippen LogP contribution in [-0.4, -0.2) is 41.7 Å². The predicted molar refractivity (Wildman–Crippen MR) is 77.7 cm³/mol. The number of alkyl halides is 5. The Morgan fingerprint density at radius 1 is 1.29 bits per heavy atom. The van der Waals surface area contributed by atoms with Crippen LogP contribution >= 0.6 is 11.8 Å². The lowest BCUT2D eigenvalue weighted by atomic mass is 10.1. The zero-order valence-electron chi connectivity index (χ0n) is 12.1. The second kappa shape index (κ2) is 7.37. The number of nitrogens with zero attached hydrogens (tertiary/aromatic N) is 1. The van der Waals surface area contributed by atoms with Gasteiger partial charge in [0.2, 0.25) is 11.8 Å². The first-order chi connectivity index (χ1) is 11.1. The molecule has 1 saturated heterocycles. The highest BCUT2D eigenvalue weighted by Crippen LogP contribution is 2.27. The fourth-order valence-electron chi connectivity index (χ4n) is 2.28. The van der Waals surface area contributed by atoms with Gasteiger partial charge in [-0.1, -0.05) is 11.8 Å². The number of hydrogen-bond acceptors (Lipinski definition) is 3. The molecule has 1 N–H and O–H groups in total. The largest absolute Gasteiger partial charge is 0.406 e. The summed E-state index contributed by atoms with van der Waals surface area (Å²) in [6, 6.07) is 5.60. The second-order valence-electron chi connectivity index (χ2n) is 5.18. The van der Waals surface area contributed by atoms with Crippen molar-refractivity contribution in [3.63, 3.8) is 0 Å². The van der Waals surface area contributed by atoms with Crippen LogP contribution in [0, 0.1) is 5.92 Å². The topological polar surface area (TPSA) is 49.4 Å². The van der Waals surface area contributed by atoms with Crippen LogP contribution in [0.1, 0.15) is 6.42 Å². The van der Waals surface area contributed by atoms with E-state index < -0.39 is 36.2 Å². The Bertz CT molecular complexity index is 606. The zero-order valence-corrected chi connectivity index (χ0v) is 13.0. The molecule has 132 valence electrons. The van der Waals surface area contributed by atoms with Crippen LogP contribution in [0.3, 0.4) is 0 Å². The van der Waals surface area contributed by atoms with E-state index in [1.165, 1.54) is 24.3 Å². The molecule has 1 aromatic carbocycles. The molecule has 10 heteroatoms. The number of carbonyl (C=O) groups excluding carboxylic acids is 2. The highest BCUT2D eigenvalue weighted by Gasteiger charge is 2.40. The van der Waals surface area contributed by atoms with Crippen LogP contribution in [0.25, 0.3) is 0 Å². The molecular weight excluding hydrogens is 355 g/mol. The minimum absolute atomic E-state index is 0.290. The lowest BCUT2D eigenvalue weighted by molar-refractivity contribution is -0.157. The number of carbonyl (C=O) groups is 2. The van der Waals surface area contributed by atoms with Crippen LogP contribution in [0.4, 0.5) is 27.6 Å². The van der Waals surface area contributed by atoms with Crippen molar-refractivity contribution in [1.82, 2.24) is 4.90 Å². The summed E-state index contributed by atoms with van der Waals surface area (Å²) in [6.07, 6.45) is -4.81. The molecular formula is C14H13F5N2O2S. The third-order valence-electron chi connectivity index (χ3n) is 3.30. The highest BCUT2D eigenvalue weighted by molar-refractivity contribution is 7.99. The van der Waals surface area contributed by atoms with E-state index in [4.69, 9.17) is 0 Å². The molecule has 2 amide bonds. The second-order valence-corrected chi connectivity index (χ2v) is 6.25. The molecule has 1 aliphatic rings. The smallest absolute Gasteiger partial charge is 0.333 e. The summed E-state index contributed by atoms with van der Waals surface area (Å²) in [5.41, 5.74) is 0.320. The molecule has 2 rings (SSSR count). The standard InChI is InChI=1S/C14H13F5N2O2S/c15-13(16)24-10-3-1-9(2-4-10)20-12(23)8-5-11(22)21(6-8)7-14(17,18)19/h1-4,8,13H,5-7H2,(H,20,23). The van der Waals surface area contributed by atoms with Gasteiger partial charge < -0.3 is 10.2 Å². The Balaban J connectivity index is 1.92. The maximum atomic E-state index is 12.3. The van der Waals surface area contributed by atoms with Crippen molar-refractivity contribution in [3.05, 3.63) is 24.3 Å². The number of amides is 2. The van der Waals surface area contributed by atoms with Gasteiger partial charge in [0, 0.05) is 23.5 Å². The van der Waals surface area contributed by atoms with Gasteiger partial charge in [0.25, 0.3) is 5.76 Å². The third kappa shape index (κ3) is 5.36. The normalized spacial score (nSPS) is 18.3. The molecule has 0 bridgehead atoms. The van der Waals surface area contributed by atoms with Crippen molar-refractivity contribution in [1.29, 1.82) is 0 Å². The van der Waals surface area contributed by atoms with E-state index in [1.807, 2.05) is 0 Å². The highest BCUT2D eigenvalue weighted by atomic mass is 32.2. The monoisotopic (exact) mass is 368 g/mol. The molecule has 1 fully saturated rings. The summed E-state index contributed by atoms with van der Waals surface area (Å²) in [5, 5.41) is 2.47. The summed E-state index contributed by atoms with van der Waals surface area (Å²) in [5.74, 6) is -4.75. The lowest BCUT2D eigenvalue weighted by Crippen LogP contribution is -2.36. The first-order valence-electron chi connectivity index (χ1n) is 6.84. The van der Waals surface area contributed by atoms with E-state index in [0.717, 1.165) is 0 Å². The van der Waals surface area contributed by atoms with Crippen molar-refractivity contribution >= 4 is 29.3 Å². The van der Waals surface area contributed by atoms with Crippen molar-refractivity contribution in [3.8, 4) is 0 Å². The van der Waals surface area contributed by atoms with E-state index in [0.29, 0.717) is 27.2 Å². The first-order valence-corrected chi connectivity index (χ1v) is 7.72. The number of benzene rings is 1. The molecule has 0 aliphatic carbocycles.